The molecule has 75 valence electrons. The van der Waals surface area contributed by atoms with Gasteiger partial charge in [0.05, 0.1) is 0 Å². The molecule has 2 aromatic rings. The fourth-order valence-electron chi connectivity index (χ4n) is 1.32. The van der Waals surface area contributed by atoms with Crippen molar-refractivity contribution in [3.05, 3.63) is 60.2 Å². The number of anilines is 1. The zero-order valence-electron chi connectivity index (χ0n) is 8.31. The van der Waals surface area contributed by atoms with Gasteiger partial charge in [-0.1, -0.05) is 24.3 Å². The number of nitrogens with two attached hydrogens (primary N) is 1. The maximum absolute atomic E-state index is 5.67. The van der Waals surface area contributed by atoms with Crippen molar-refractivity contribution in [1.82, 2.24) is 0 Å². The van der Waals surface area contributed by atoms with Crippen LogP contribution < -0.4 is 10.5 Å². The summed E-state index contributed by atoms with van der Waals surface area (Å²) < 4.78 is 5.57. The molecule has 1 radical (unpaired) electrons. The van der Waals surface area contributed by atoms with E-state index in [1.807, 2.05) is 48.5 Å². The van der Waals surface area contributed by atoms with Crippen molar-refractivity contribution in [2.75, 3.05) is 5.73 Å². The minimum Gasteiger partial charge on any atom is -0.489 e. The van der Waals surface area contributed by atoms with Crippen LogP contribution in [0.15, 0.2) is 48.5 Å². The Morgan fingerprint density at radius 3 is 2.67 bits per heavy atom. The van der Waals surface area contributed by atoms with E-state index in [1.165, 1.54) is 0 Å². The Bertz CT molecular complexity index is 426. The van der Waals surface area contributed by atoms with Crippen molar-refractivity contribution in [3.8, 4) is 5.75 Å². The Morgan fingerprint density at radius 1 is 1.13 bits per heavy atom. The zero-order chi connectivity index (χ0) is 10.5. The van der Waals surface area contributed by atoms with Gasteiger partial charge in [0.15, 0.2) is 0 Å². The lowest BCUT2D eigenvalue weighted by molar-refractivity contribution is 0.306. The first-order chi connectivity index (χ1) is 7.34. The molecule has 0 aliphatic carbocycles. The van der Waals surface area contributed by atoms with E-state index in [0.29, 0.717) is 6.61 Å². The molecule has 2 aromatic carbocycles. The second kappa shape index (κ2) is 4.51. The standard InChI is InChI=1S/C13H12NO/c14-12-6-4-5-11(9-12)10-15-13-7-2-1-3-8-13/h2-9H,10,14H2. The second-order valence-electron chi connectivity index (χ2n) is 3.27. The van der Waals surface area contributed by atoms with Gasteiger partial charge in [-0.2, -0.15) is 0 Å². The number of rotatable bonds is 3. The monoisotopic (exact) mass is 198 g/mol. The zero-order valence-corrected chi connectivity index (χ0v) is 8.31. The first-order valence-electron chi connectivity index (χ1n) is 4.78. The van der Waals surface area contributed by atoms with Crippen molar-refractivity contribution in [2.24, 2.45) is 0 Å². The summed E-state index contributed by atoms with van der Waals surface area (Å²) in [5.74, 6) is 0.844. The predicted octanol–water partition coefficient (Wildman–Crippen LogP) is 2.65. The molecule has 0 saturated carbocycles. The van der Waals surface area contributed by atoms with E-state index in [0.717, 1.165) is 17.0 Å². The van der Waals surface area contributed by atoms with Gasteiger partial charge in [0.1, 0.15) is 12.4 Å². The number of nitrogen functional groups attached to an aromatic ring is 1. The number of hydrogen-bond acceptors (Lipinski definition) is 2. The highest BCUT2D eigenvalue weighted by Crippen LogP contribution is 2.12. The average Bonchev–Trinajstić information content (AvgIpc) is 2.28. The molecule has 0 fully saturated rings. The van der Waals surface area contributed by atoms with Crippen LogP contribution in [0, 0.1) is 6.07 Å². The van der Waals surface area contributed by atoms with Crippen LogP contribution in [0.4, 0.5) is 5.69 Å². The molecular weight excluding hydrogens is 186 g/mol. The van der Waals surface area contributed by atoms with E-state index in [-0.39, 0.29) is 0 Å². The van der Waals surface area contributed by atoms with Gasteiger partial charge in [-0.25, -0.2) is 0 Å². The van der Waals surface area contributed by atoms with Gasteiger partial charge in [0.25, 0.3) is 0 Å². The summed E-state index contributed by atoms with van der Waals surface area (Å²) in [6.45, 7) is 0.537. The summed E-state index contributed by atoms with van der Waals surface area (Å²) in [5, 5.41) is 0. The summed E-state index contributed by atoms with van der Waals surface area (Å²) in [5.41, 5.74) is 7.50. The normalized spacial score (nSPS) is 9.87. The Hall–Kier alpha value is -1.96. The van der Waals surface area contributed by atoms with Gasteiger partial charge in [0.2, 0.25) is 0 Å². The Labute approximate surface area is 89.3 Å². The first-order valence-corrected chi connectivity index (χ1v) is 4.78. The largest absolute Gasteiger partial charge is 0.489 e. The maximum atomic E-state index is 5.67. The van der Waals surface area contributed by atoms with Crippen molar-refractivity contribution in [3.63, 3.8) is 0 Å². The van der Waals surface area contributed by atoms with Crippen LogP contribution in [0.5, 0.6) is 5.75 Å². The van der Waals surface area contributed by atoms with Gasteiger partial charge < -0.3 is 10.5 Å². The molecule has 0 amide bonds. The minimum absolute atomic E-state index is 0.537. The van der Waals surface area contributed by atoms with Crippen LogP contribution in [-0.2, 0) is 6.61 Å². The highest BCUT2D eigenvalue weighted by Gasteiger charge is 1.95. The van der Waals surface area contributed by atoms with Gasteiger partial charge >= 0.3 is 0 Å². The third-order valence-electron chi connectivity index (χ3n) is 2.04. The van der Waals surface area contributed by atoms with E-state index in [4.69, 9.17) is 10.5 Å². The van der Waals surface area contributed by atoms with E-state index in [1.54, 1.807) is 0 Å². The fraction of sp³-hybridized carbons (Fsp3) is 0.0769. The molecule has 0 saturated heterocycles. The van der Waals surface area contributed by atoms with E-state index in [2.05, 4.69) is 6.07 Å². The van der Waals surface area contributed by atoms with Gasteiger partial charge in [-0.15, -0.1) is 0 Å². The van der Waals surface area contributed by atoms with E-state index < -0.39 is 0 Å². The lowest BCUT2D eigenvalue weighted by atomic mass is 10.2. The minimum atomic E-state index is 0.537. The molecule has 0 spiro atoms. The molecule has 0 unspecified atom stereocenters. The van der Waals surface area contributed by atoms with Crippen LogP contribution >= 0.6 is 0 Å². The highest BCUT2D eigenvalue weighted by atomic mass is 16.5. The molecule has 0 bridgehead atoms. The molecule has 0 aliphatic rings. The Balaban J connectivity index is 1.99. The second-order valence-corrected chi connectivity index (χ2v) is 3.27. The molecule has 2 nitrogen and oxygen atoms in total. The van der Waals surface area contributed by atoms with Gasteiger partial charge in [-0.3, -0.25) is 0 Å². The van der Waals surface area contributed by atoms with E-state index >= 15 is 0 Å². The molecule has 0 aliphatic heterocycles. The smallest absolute Gasteiger partial charge is 0.119 e. The third kappa shape index (κ3) is 2.74. The first kappa shape index (κ1) is 9.59. The van der Waals surface area contributed by atoms with Gasteiger partial charge in [0, 0.05) is 5.69 Å². The Morgan fingerprint density at radius 2 is 1.93 bits per heavy atom. The molecule has 15 heavy (non-hydrogen) atoms. The van der Waals surface area contributed by atoms with Crippen molar-refractivity contribution in [2.45, 2.75) is 6.61 Å². The van der Waals surface area contributed by atoms with Crippen LogP contribution in [0.1, 0.15) is 5.56 Å². The van der Waals surface area contributed by atoms with Crippen molar-refractivity contribution < 1.29 is 4.74 Å². The van der Waals surface area contributed by atoms with E-state index in [9.17, 15) is 0 Å². The lowest BCUT2D eigenvalue weighted by Gasteiger charge is -2.06. The topological polar surface area (TPSA) is 35.2 Å². The molecule has 0 aromatic heterocycles. The highest BCUT2D eigenvalue weighted by molar-refractivity contribution is 5.40. The molecule has 2 N–H and O–H groups in total. The fourth-order valence-corrected chi connectivity index (χ4v) is 1.32. The number of benzene rings is 2. The SMILES string of the molecule is Nc1cccc(COc2cc[c]cc2)c1. The molecule has 0 atom stereocenters. The van der Waals surface area contributed by atoms with Crippen LogP contribution in [-0.4, -0.2) is 0 Å². The molecule has 2 heteroatoms. The van der Waals surface area contributed by atoms with Crippen LogP contribution in [0.25, 0.3) is 0 Å². The molecular formula is C13H12NO. The summed E-state index contributed by atoms with van der Waals surface area (Å²) in [6.07, 6.45) is 0. The number of ether oxygens (including phenoxy) is 1. The summed E-state index contributed by atoms with van der Waals surface area (Å²) >= 11 is 0. The molecule has 0 heterocycles. The van der Waals surface area contributed by atoms with Crippen molar-refractivity contribution in [1.29, 1.82) is 0 Å². The number of hydrogen-bond donors (Lipinski definition) is 1. The Kier molecular flexibility index (Phi) is 2.88. The maximum Gasteiger partial charge on any atom is 0.119 e. The summed E-state index contributed by atoms with van der Waals surface area (Å²) in [6, 6.07) is 18.0. The third-order valence-corrected chi connectivity index (χ3v) is 2.04. The van der Waals surface area contributed by atoms with Crippen LogP contribution in [0.3, 0.4) is 0 Å². The predicted molar refractivity (Wildman–Crippen MR) is 60.5 cm³/mol. The average molecular weight is 198 g/mol. The van der Waals surface area contributed by atoms with Gasteiger partial charge in [-0.05, 0) is 35.9 Å². The summed E-state index contributed by atoms with van der Waals surface area (Å²) in [7, 11) is 0. The summed E-state index contributed by atoms with van der Waals surface area (Å²) in [4.78, 5) is 0. The molecule has 2 rings (SSSR count). The quantitative estimate of drug-likeness (QED) is 0.769. The van der Waals surface area contributed by atoms with Crippen molar-refractivity contribution >= 4 is 5.69 Å². The van der Waals surface area contributed by atoms with Crippen LogP contribution in [0.2, 0.25) is 0 Å². The lowest BCUT2D eigenvalue weighted by Crippen LogP contribution is -1.96.